The normalized spacial score (nSPS) is 11.5. The van der Waals surface area contributed by atoms with Crippen LogP contribution in [0.5, 0.6) is 0 Å². The molecule has 3 heterocycles. The van der Waals surface area contributed by atoms with E-state index >= 15 is 0 Å². The van der Waals surface area contributed by atoms with Crippen LogP contribution >= 0.6 is 0 Å². The van der Waals surface area contributed by atoms with Crippen LogP contribution in [0.4, 0.5) is 17.1 Å². The number of aromatic nitrogens is 3. The number of para-hydroxylation sites is 3. The molecule has 3 aromatic heterocycles. The van der Waals surface area contributed by atoms with E-state index in [1.807, 2.05) is 18.5 Å². The molecule has 238 valence electrons. The number of anilines is 3. The minimum Gasteiger partial charge on any atom is -0.311 e. The van der Waals surface area contributed by atoms with Gasteiger partial charge in [-0.1, -0.05) is 115 Å². The Morgan fingerprint density at radius 2 is 1.04 bits per heavy atom. The summed E-state index contributed by atoms with van der Waals surface area (Å²) in [5, 5.41) is 8.02. The van der Waals surface area contributed by atoms with E-state index in [0.717, 1.165) is 72.0 Å². The summed E-state index contributed by atoms with van der Waals surface area (Å²) in [6.45, 7) is 0. The van der Waals surface area contributed by atoms with Gasteiger partial charge in [0.15, 0.2) is 0 Å². The number of pyridine rings is 3. The summed E-state index contributed by atoms with van der Waals surface area (Å²) < 4.78 is 0. The number of fused-ring (bicyclic) bond motifs is 8. The highest BCUT2D eigenvalue weighted by atomic mass is 15.1. The first-order valence-corrected chi connectivity index (χ1v) is 17.2. The molecule has 0 N–H and O–H groups in total. The lowest BCUT2D eigenvalue weighted by Crippen LogP contribution is -2.09. The first-order valence-electron chi connectivity index (χ1n) is 17.2. The van der Waals surface area contributed by atoms with Crippen LogP contribution in [0.2, 0.25) is 0 Å². The van der Waals surface area contributed by atoms with Crippen LogP contribution in [0.1, 0.15) is 0 Å². The Bertz CT molecular complexity index is 2860. The molecule has 0 unspecified atom stereocenters. The van der Waals surface area contributed by atoms with Crippen molar-refractivity contribution >= 4 is 71.3 Å². The van der Waals surface area contributed by atoms with Gasteiger partial charge >= 0.3 is 0 Å². The predicted octanol–water partition coefficient (Wildman–Crippen LogP) is 12.4. The topological polar surface area (TPSA) is 41.9 Å². The Morgan fingerprint density at radius 3 is 1.84 bits per heavy atom. The molecule has 0 saturated heterocycles. The second-order valence-corrected chi connectivity index (χ2v) is 12.8. The molecule has 4 heteroatoms. The molecule has 4 nitrogen and oxygen atoms in total. The van der Waals surface area contributed by atoms with Crippen LogP contribution in [0.15, 0.2) is 182 Å². The van der Waals surface area contributed by atoms with Crippen molar-refractivity contribution in [2.75, 3.05) is 4.90 Å². The zero-order valence-electron chi connectivity index (χ0n) is 27.6. The summed E-state index contributed by atoms with van der Waals surface area (Å²) in [4.78, 5) is 17.2. The van der Waals surface area contributed by atoms with Gasteiger partial charge in [0, 0.05) is 62.0 Å². The average molecular weight is 651 g/mol. The van der Waals surface area contributed by atoms with E-state index < -0.39 is 0 Å². The number of nitrogens with zero attached hydrogens (tertiary/aromatic N) is 4. The smallest absolute Gasteiger partial charge is 0.0970 e. The Balaban J connectivity index is 1.20. The molecular weight excluding hydrogens is 621 g/mol. The van der Waals surface area contributed by atoms with Gasteiger partial charge in [-0.3, -0.25) is 9.97 Å². The van der Waals surface area contributed by atoms with E-state index in [-0.39, 0.29) is 0 Å². The summed E-state index contributed by atoms with van der Waals surface area (Å²) in [5.41, 5.74) is 10.4. The minimum absolute atomic E-state index is 0.912. The number of benzene rings is 7. The van der Waals surface area contributed by atoms with Gasteiger partial charge < -0.3 is 4.90 Å². The molecule has 0 aliphatic carbocycles. The third-order valence-electron chi connectivity index (χ3n) is 9.91. The quantitative estimate of drug-likeness (QED) is 0.174. The molecule has 0 bridgehead atoms. The van der Waals surface area contributed by atoms with Crippen molar-refractivity contribution in [2.24, 2.45) is 0 Å². The van der Waals surface area contributed by atoms with Crippen molar-refractivity contribution in [1.82, 2.24) is 15.0 Å². The molecule has 0 atom stereocenters. The third-order valence-corrected chi connectivity index (χ3v) is 9.91. The largest absolute Gasteiger partial charge is 0.311 e. The molecule has 0 fully saturated rings. The molecule has 0 aliphatic rings. The summed E-state index contributed by atoms with van der Waals surface area (Å²) in [6, 6.07) is 60.0. The van der Waals surface area contributed by atoms with E-state index in [2.05, 4.69) is 169 Å². The monoisotopic (exact) mass is 650 g/mol. The first kappa shape index (κ1) is 29.0. The molecule has 0 radical (unpaired) electrons. The highest BCUT2D eigenvalue weighted by Gasteiger charge is 2.18. The molecule has 10 rings (SSSR count). The van der Waals surface area contributed by atoms with Crippen LogP contribution < -0.4 is 4.90 Å². The maximum Gasteiger partial charge on any atom is 0.0970 e. The maximum absolute atomic E-state index is 5.33. The van der Waals surface area contributed by atoms with Crippen molar-refractivity contribution in [2.45, 2.75) is 0 Å². The Hall–Kier alpha value is -6.91. The van der Waals surface area contributed by atoms with Crippen molar-refractivity contribution in [1.29, 1.82) is 0 Å². The fraction of sp³-hybridized carbons (Fsp3) is 0. The average Bonchev–Trinajstić information content (AvgIpc) is 3.21. The summed E-state index contributed by atoms with van der Waals surface area (Å²) in [5.74, 6) is 0. The van der Waals surface area contributed by atoms with Gasteiger partial charge in [-0.2, -0.15) is 0 Å². The highest BCUT2D eigenvalue weighted by Crippen LogP contribution is 2.43. The zero-order valence-corrected chi connectivity index (χ0v) is 27.6. The molecule has 0 saturated carbocycles. The Labute approximate surface area is 294 Å². The predicted molar refractivity (Wildman–Crippen MR) is 213 cm³/mol. The molecule has 7 aromatic carbocycles. The van der Waals surface area contributed by atoms with Crippen molar-refractivity contribution in [3.63, 3.8) is 0 Å². The van der Waals surface area contributed by atoms with E-state index in [0.29, 0.717) is 0 Å². The van der Waals surface area contributed by atoms with Gasteiger partial charge in [0.05, 0.1) is 22.2 Å². The van der Waals surface area contributed by atoms with E-state index in [4.69, 9.17) is 15.0 Å². The molecule has 10 aromatic rings. The second kappa shape index (κ2) is 11.9. The van der Waals surface area contributed by atoms with Crippen molar-refractivity contribution in [3.05, 3.63) is 182 Å². The second-order valence-electron chi connectivity index (χ2n) is 12.8. The van der Waals surface area contributed by atoms with Crippen molar-refractivity contribution in [3.8, 4) is 22.4 Å². The van der Waals surface area contributed by atoms with Crippen molar-refractivity contribution < 1.29 is 0 Å². The zero-order chi connectivity index (χ0) is 33.7. The number of hydrogen-bond acceptors (Lipinski definition) is 4. The lowest BCUT2D eigenvalue weighted by atomic mass is 9.89. The Kier molecular flexibility index (Phi) is 6.78. The molecular formula is C47H30N4. The van der Waals surface area contributed by atoms with Crippen LogP contribution in [0, 0.1) is 0 Å². The lowest BCUT2D eigenvalue weighted by Gasteiger charge is -2.25. The van der Waals surface area contributed by atoms with E-state index in [1.165, 1.54) is 21.7 Å². The number of rotatable bonds is 5. The third kappa shape index (κ3) is 4.80. The molecule has 0 spiro atoms. The summed E-state index contributed by atoms with van der Waals surface area (Å²) in [6.07, 6.45) is 3.76. The highest BCUT2D eigenvalue weighted by molar-refractivity contribution is 6.27. The SMILES string of the molecule is c1ccc(N(c2ccccc2)c2ccc(-c3nc4ccccc4c4c3ccc3cccc(-c5ccnc6c5ccc5cccnc56)c34)cc2)cc1. The fourth-order valence-electron chi connectivity index (χ4n) is 7.62. The number of hydrogen-bond donors (Lipinski definition) is 0. The molecule has 0 aliphatic heterocycles. The fourth-order valence-corrected chi connectivity index (χ4v) is 7.62. The van der Waals surface area contributed by atoms with Gasteiger partial charge in [-0.25, -0.2) is 4.98 Å². The maximum atomic E-state index is 5.33. The van der Waals surface area contributed by atoms with E-state index in [9.17, 15) is 0 Å². The van der Waals surface area contributed by atoms with Crippen LogP contribution in [-0.2, 0) is 0 Å². The minimum atomic E-state index is 0.912. The molecule has 0 amide bonds. The summed E-state index contributed by atoms with van der Waals surface area (Å²) in [7, 11) is 0. The van der Waals surface area contributed by atoms with E-state index in [1.54, 1.807) is 0 Å². The standard InChI is InChI=1S/C47H30N4/c1-3-13-34(14-4-1)51(35-15-5-2-6-16-35)36-24-20-33(21-25-36)45-41-27-22-31-11-9-18-38(43(31)44(41)40-17-7-8-19-42(40)50-45)37-28-30-49-47-39(37)26-23-32-12-10-29-48-46(32)47/h1-30H. The van der Waals surface area contributed by atoms with Gasteiger partial charge in [-0.15, -0.1) is 0 Å². The lowest BCUT2D eigenvalue weighted by molar-refractivity contribution is 1.28. The summed E-state index contributed by atoms with van der Waals surface area (Å²) >= 11 is 0. The Morgan fingerprint density at radius 1 is 0.373 bits per heavy atom. The molecule has 51 heavy (non-hydrogen) atoms. The van der Waals surface area contributed by atoms with Crippen LogP contribution in [-0.4, -0.2) is 15.0 Å². The van der Waals surface area contributed by atoms with Crippen LogP contribution in [0.3, 0.4) is 0 Å². The van der Waals surface area contributed by atoms with Gasteiger partial charge in [0.1, 0.15) is 0 Å². The van der Waals surface area contributed by atoms with Gasteiger partial charge in [-0.05, 0) is 76.5 Å². The van der Waals surface area contributed by atoms with Gasteiger partial charge in [0.2, 0.25) is 0 Å². The van der Waals surface area contributed by atoms with Crippen LogP contribution in [0.25, 0.3) is 76.6 Å². The first-order chi connectivity index (χ1) is 25.3. The van der Waals surface area contributed by atoms with Gasteiger partial charge in [0.25, 0.3) is 0 Å².